The molecule has 2 aromatic heterocycles. The number of non-ortho nitro benzene ring substituents is 1. The number of hydrogen-bond donors (Lipinski definition) is 1. The van der Waals surface area contributed by atoms with Gasteiger partial charge in [0.05, 0.1) is 28.3 Å². The Balaban J connectivity index is 2.01. The fourth-order valence-corrected chi connectivity index (χ4v) is 3.58. The highest BCUT2D eigenvalue weighted by Crippen LogP contribution is 2.35. The largest absolute Gasteiger partial charge is 0.462 e. The number of pyridine rings is 2. The van der Waals surface area contributed by atoms with Gasteiger partial charge in [0.25, 0.3) is 5.69 Å². The molecule has 0 bridgehead atoms. The number of anilines is 2. The molecule has 0 amide bonds. The van der Waals surface area contributed by atoms with Gasteiger partial charge in [0.2, 0.25) is 0 Å². The van der Waals surface area contributed by atoms with Crippen molar-refractivity contribution in [3.8, 4) is 0 Å². The molecule has 156 valence electrons. The number of rotatable bonds is 5. The van der Waals surface area contributed by atoms with Crippen molar-refractivity contribution >= 4 is 44.8 Å². The van der Waals surface area contributed by atoms with Crippen molar-refractivity contribution < 1.29 is 14.5 Å². The number of nitrogens with one attached hydrogen (secondary N) is 1. The first-order valence-corrected chi connectivity index (χ1v) is 9.77. The summed E-state index contributed by atoms with van der Waals surface area (Å²) in [7, 11) is 0. The molecule has 0 aliphatic heterocycles. The molecular formula is C23H20N4O4. The number of benzene rings is 2. The summed E-state index contributed by atoms with van der Waals surface area (Å²) in [6.07, 6.45) is 1.47. The first-order chi connectivity index (χ1) is 14.9. The molecule has 8 heteroatoms. The molecule has 4 aromatic rings. The lowest BCUT2D eigenvalue weighted by Crippen LogP contribution is -2.10. The summed E-state index contributed by atoms with van der Waals surface area (Å²) in [6, 6.07) is 12.0. The summed E-state index contributed by atoms with van der Waals surface area (Å²) in [4.78, 5) is 32.7. The number of nitrogens with zero attached hydrogens (tertiary/aromatic N) is 3. The topological polar surface area (TPSA) is 107 Å². The van der Waals surface area contributed by atoms with E-state index >= 15 is 0 Å². The highest BCUT2D eigenvalue weighted by Gasteiger charge is 2.21. The summed E-state index contributed by atoms with van der Waals surface area (Å²) in [5.41, 5.74) is 4.32. The quantitative estimate of drug-likeness (QED) is 0.205. The Hall–Kier alpha value is -4.07. The van der Waals surface area contributed by atoms with E-state index in [1.807, 2.05) is 32.0 Å². The second kappa shape index (κ2) is 7.98. The van der Waals surface area contributed by atoms with Gasteiger partial charge < -0.3 is 10.1 Å². The van der Waals surface area contributed by atoms with Gasteiger partial charge in [-0.3, -0.25) is 20.1 Å². The van der Waals surface area contributed by atoms with E-state index < -0.39 is 10.9 Å². The lowest BCUT2D eigenvalue weighted by molar-refractivity contribution is -0.384. The Kier molecular flexibility index (Phi) is 5.21. The van der Waals surface area contributed by atoms with Gasteiger partial charge >= 0.3 is 5.97 Å². The molecule has 0 radical (unpaired) electrons. The van der Waals surface area contributed by atoms with Gasteiger partial charge in [0.15, 0.2) is 0 Å². The van der Waals surface area contributed by atoms with Gasteiger partial charge in [-0.2, -0.15) is 0 Å². The van der Waals surface area contributed by atoms with Gasteiger partial charge in [-0.25, -0.2) is 4.79 Å². The van der Waals surface area contributed by atoms with Crippen LogP contribution in [0.25, 0.3) is 21.8 Å². The van der Waals surface area contributed by atoms with Crippen LogP contribution in [0.4, 0.5) is 17.1 Å². The number of ether oxygens (including phenoxy) is 1. The third-order valence-electron chi connectivity index (χ3n) is 4.96. The second-order valence-electron chi connectivity index (χ2n) is 7.14. The fourth-order valence-electron chi connectivity index (χ4n) is 3.58. The number of fused-ring (bicyclic) bond motifs is 3. The highest BCUT2D eigenvalue weighted by molar-refractivity contribution is 6.13. The monoisotopic (exact) mass is 416 g/mol. The third kappa shape index (κ3) is 3.75. The molecular weight excluding hydrogens is 396 g/mol. The van der Waals surface area contributed by atoms with Crippen LogP contribution in [0.3, 0.4) is 0 Å². The summed E-state index contributed by atoms with van der Waals surface area (Å²) in [6.45, 7) is 5.77. The lowest BCUT2D eigenvalue weighted by Gasteiger charge is -2.16. The SMILES string of the molecule is CCOC(=O)c1cnc2c(c(C)nc3ccc(C)cc32)c1Nc1cccc([N+](=O)[O-])c1. The molecule has 0 atom stereocenters. The van der Waals surface area contributed by atoms with E-state index in [2.05, 4.69) is 10.3 Å². The molecule has 1 N–H and O–H groups in total. The molecule has 0 saturated heterocycles. The van der Waals surface area contributed by atoms with Gasteiger partial charge in [0, 0.05) is 40.5 Å². The maximum absolute atomic E-state index is 12.7. The number of aryl methyl sites for hydroxylation is 2. The van der Waals surface area contributed by atoms with Crippen LogP contribution in [0.5, 0.6) is 0 Å². The molecule has 4 rings (SSSR count). The molecule has 0 saturated carbocycles. The Labute approximate surface area is 178 Å². The summed E-state index contributed by atoms with van der Waals surface area (Å²) < 4.78 is 5.22. The fraction of sp³-hybridized carbons (Fsp3) is 0.174. The van der Waals surface area contributed by atoms with Crippen molar-refractivity contribution in [2.75, 3.05) is 11.9 Å². The van der Waals surface area contributed by atoms with Gasteiger partial charge in [-0.1, -0.05) is 17.7 Å². The molecule has 8 nitrogen and oxygen atoms in total. The van der Waals surface area contributed by atoms with E-state index in [-0.39, 0.29) is 17.9 Å². The molecule has 0 spiro atoms. The smallest absolute Gasteiger partial charge is 0.341 e. The maximum atomic E-state index is 12.7. The lowest BCUT2D eigenvalue weighted by atomic mass is 10.0. The molecule has 2 heterocycles. The van der Waals surface area contributed by atoms with Gasteiger partial charge in [-0.05, 0) is 39.0 Å². The minimum Gasteiger partial charge on any atom is -0.462 e. The highest BCUT2D eigenvalue weighted by atomic mass is 16.6. The first kappa shape index (κ1) is 20.2. The number of carbonyl (C=O) groups excluding carboxylic acids is 1. The normalized spacial score (nSPS) is 10.9. The predicted octanol–water partition coefficient (Wildman–Crippen LogP) is 5.23. The Bertz CT molecular complexity index is 1350. The van der Waals surface area contributed by atoms with Crippen LogP contribution in [-0.4, -0.2) is 27.5 Å². The molecule has 0 unspecified atom stereocenters. The number of aromatic nitrogens is 2. The van der Waals surface area contributed by atoms with Crippen molar-refractivity contribution in [1.29, 1.82) is 0 Å². The average Bonchev–Trinajstić information content (AvgIpc) is 2.74. The van der Waals surface area contributed by atoms with E-state index in [9.17, 15) is 14.9 Å². The van der Waals surface area contributed by atoms with Gasteiger partial charge in [-0.15, -0.1) is 0 Å². The predicted molar refractivity (Wildman–Crippen MR) is 119 cm³/mol. The third-order valence-corrected chi connectivity index (χ3v) is 4.96. The van der Waals surface area contributed by atoms with Crippen LogP contribution < -0.4 is 5.32 Å². The molecule has 0 aliphatic rings. The van der Waals surface area contributed by atoms with Crippen molar-refractivity contribution in [1.82, 2.24) is 9.97 Å². The second-order valence-corrected chi connectivity index (χ2v) is 7.14. The molecule has 0 fully saturated rings. The zero-order valence-electron chi connectivity index (χ0n) is 17.3. The van der Waals surface area contributed by atoms with Crippen LogP contribution in [-0.2, 0) is 4.74 Å². The Morgan fingerprint density at radius 1 is 1.19 bits per heavy atom. The van der Waals surface area contributed by atoms with E-state index in [0.717, 1.165) is 16.5 Å². The summed E-state index contributed by atoms with van der Waals surface area (Å²) in [5, 5.41) is 15.9. The number of nitro benzene ring substituents is 1. The van der Waals surface area contributed by atoms with Crippen LogP contribution in [0.15, 0.2) is 48.7 Å². The van der Waals surface area contributed by atoms with E-state index in [0.29, 0.717) is 28.0 Å². The molecule has 0 aliphatic carbocycles. The van der Waals surface area contributed by atoms with E-state index in [1.54, 1.807) is 19.1 Å². The van der Waals surface area contributed by atoms with Crippen LogP contribution in [0.1, 0.15) is 28.5 Å². The number of hydrogen-bond acceptors (Lipinski definition) is 7. The van der Waals surface area contributed by atoms with Crippen molar-refractivity contribution in [3.63, 3.8) is 0 Å². The minimum atomic E-state index is -0.534. The maximum Gasteiger partial charge on any atom is 0.341 e. The van der Waals surface area contributed by atoms with Crippen LogP contribution >= 0.6 is 0 Å². The van der Waals surface area contributed by atoms with Crippen molar-refractivity contribution in [2.24, 2.45) is 0 Å². The number of carbonyl (C=O) groups is 1. The zero-order chi connectivity index (χ0) is 22.1. The number of esters is 1. The Morgan fingerprint density at radius 2 is 2.00 bits per heavy atom. The Morgan fingerprint density at radius 3 is 2.74 bits per heavy atom. The first-order valence-electron chi connectivity index (χ1n) is 9.77. The minimum absolute atomic E-state index is 0.0584. The van der Waals surface area contributed by atoms with Gasteiger partial charge in [0.1, 0.15) is 5.56 Å². The number of nitro groups is 1. The average molecular weight is 416 g/mol. The zero-order valence-corrected chi connectivity index (χ0v) is 17.3. The standard InChI is InChI=1S/C23H20N4O4/c1-4-31-23(28)18-12-24-21-17-10-13(2)8-9-19(17)25-14(3)20(21)22(18)26-15-6-5-7-16(11-15)27(29)30/h5-12H,4H2,1-3H3,(H,24,26). The van der Waals surface area contributed by atoms with E-state index in [1.165, 1.54) is 18.3 Å². The molecule has 2 aromatic carbocycles. The van der Waals surface area contributed by atoms with Crippen LogP contribution in [0.2, 0.25) is 0 Å². The van der Waals surface area contributed by atoms with Crippen LogP contribution in [0, 0.1) is 24.0 Å². The van der Waals surface area contributed by atoms with Crippen molar-refractivity contribution in [2.45, 2.75) is 20.8 Å². The van der Waals surface area contributed by atoms with E-state index in [4.69, 9.17) is 9.72 Å². The molecule has 31 heavy (non-hydrogen) atoms. The summed E-state index contributed by atoms with van der Waals surface area (Å²) >= 11 is 0. The summed E-state index contributed by atoms with van der Waals surface area (Å²) in [5.74, 6) is -0.534. The van der Waals surface area contributed by atoms with Crippen molar-refractivity contribution in [3.05, 3.63) is 75.6 Å².